The van der Waals surface area contributed by atoms with Crippen LogP contribution in [0.4, 0.5) is 5.95 Å². The first-order chi connectivity index (χ1) is 13.7. The Morgan fingerprint density at radius 2 is 1.68 bits per heavy atom. The number of benzene rings is 2. The lowest BCUT2D eigenvalue weighted by Crippen LogP contribution is -2.20. The Hall–Kier alpha value is -3.16. The summed E-state index contributed by atoms with van der Waals surface area (Å²) in [5, 5.41) is 10.1. The number of aromatic nitrogens is 4. The fourth-order valence-corrected chi connectivity index (χ4v) is 2.94. The summed E-state index contributed by atoms with van der Waals surface area (Å²) in [6.45, 7) is 1.74. The molecule has 0 aliphatic carbocycles. The number of fused-ring (bicyclic) bond motifs is 1. The predicted molar refractivity (Wildman–Crippen MR) is 109 cm³/mol. The first-order valence-corrected chi connectivity index (χ1v) is 9.27. The molecule has 142 valence electrons. The Balaban J connectivity index is 1.43. The minimum absolute atomic E-state index is 0.200. The molecular weight excluding hydrogens is 376 g/mol. The SMILES string of the molecule is O=c1cc(CNCc2ccccc2)nc2nc(NCc3ccc(Cl)cc3)[nH]n12. The van der Waals surface area contributed by atoms with Gasteiger partial charge in [0.2, 0.25) is 5.95 Å². The minimum Gasteiger partial charge on any atom is -0.351 e. The van der Waals surface area contributed by atoms with Crippen LogP contribution in [0.5, 0.6) is 0 Å². The van der Waals surface area contributed by atoms with Crippen molar-refractivity contribution in [1.29, 1.82) is 0 Å². The molecule has 0 spiro atoms. The molecule has 8 heteroatoms. The summed E-state index contributed by atoms with van der Waals surface area (Å²) in [6, 6.07) is 19.1. The van der Waals surface area contributed by atoms with Gasteiger partial charge in [-0.25, -0.2) is 4.98 Å². The summed E-state index contributed by atoms with van der Waals surface area (Å²) in [5.41, 5.74) is 2.68. The van der Waals surface area contributed by atoms with Gasteiger partial charge in [-0.05, 0) is 23.3 Å². The molecule has 4 aromatic rings. The van der Waals surface area contributed by atoms with Crippen LogP contribution in [0.25, 0.3) is 5.78 Å². The molecule has 2 heterocycles. The third kappa shape index (κ3) is 4.39. The number of hydrogen-bond acceptors (Lipinski definition) is 5. The van der Waals surface area contributed by atoms with Gasteiger partial charge in [-0.1, -0.05) is 54.1 Å². The van der Waals surface area contributed by atoms with E-state index < -0.39 is 0 Å². The topological polar surface area (TPSA) is 87.1 Å². The summed E-state index contributed by atoms with van der Waals surface area (Å²) in [7, 11) is 0. The number of rotatable bonds is 7. The van der Waals surface area contributed by atoms with Gasteiger partial charge in [0.25, 0.3) is 11.3 Å². The molecule has 0 fully saturated rings. The van der Waals surface area contributed by atoms with E-state index in [0.29, 0.717) is 42.1 Å². The monoisotopic (exact) mass is 394 g/mol. The second-order valence-corrected chi connectivity index (χ2v) is 6.80. The molecule has 0 amide bonds. The van der Waals surface area contributed by atoms with Gasteiger partial charge in [0.15, 0.2) is 0 Å². The smallest absolute Gasteiger partial charge is 0.274 e. The van der Waals surface area contributed by atoms with Gasteiger partial charge in [-0.2, -0.15) is 9.50 Å². The molecule has 0 saturated heterocycles. The number of nitrogens with zero attached hydrogens (tertiary/aromatic N) is 3. The first kappa shape index (κ1) is 18.2. The van der Waals surface area contributed by atoms with Crippen molar-refractivity contribution in [2.45, 2.75) is 19.6 Å². The van der Waals surface area contributed by atoms with Crippen molar-refractivity contribution in [1.82, 2.24) is 24.9 Å². The third-order valence-electron chi connectivity index (χ3n) is 4.23. The van der Waals surface area contributed by atoms with Crippen LogP contribution in [0, 0.1) is 0 Å². The molecule has 0 radical (unpaired) electrons. The molecule has 0 aliphatic heterocycles. The van der Waals surface area contributed by atoms with E-state index in [1.54, 1.807) is 0 Å². The largest absolute Gasteiger partial charge is 0.351 e. The lowest BCUT2D eigenvalue weighted by molar-refractivity contribution is 0.676. The van der Waals surface area contributed by atoms with Crippen LogP contribution in [0.3, 0.4) is 0 Å². The highest BCUT2D eigenvalue weighted by atomic mass is 35.5. The molecule has 0 bridgehead atoms. The van der Waals surface area contributed by atoms with E-state index in [2.05, 4.69) is 25.7 Å². The second kappa shape index (κ2) is 8.24. The molecule has 7 nitrogen and oxygen atoms in total. The summed E-state index contributed by atoms with van der Waals surface area (Å²) < 4.78 is 1.32. The zero-order valence-corrected chi connectivity index (χ0v) is 15.8. The second-order valence-electron chi connectivity index (χ2n) is 6.36. The predicted octanol–water partition coefficient (Wildman–Crippen LogP) is 2.97. The zero-order valence-electron chi connectivity index (χ0n) is 15.0. The number of H-pyrrole nitrogens is 1. The summed E-state index contributed by atoms with van der Waals surface area (Å²) in [4.78, 5) is 21.2. The van der Waals surface area contributed by atoms with E-state index in [-0.39, 0.29) is 5.56 Å². The zero-order chi connectivity index (χ0) is 19.3. The number of halogens is 1. The fraction of sp³-hybridized carbons (Fsp3) is 0.150. The van der Waals surface area contributed by atoms with Crippen LogP contribution in [0.1, 0.15) is 16.8 Å². The number of aromatic amines is 1. The lowest BCUT2D eigenvalue weighted by atomic mass is 10.2. The number of anilines is 1. The molecule has 0 atom stereocenters. The molecule has 0 aliphatic rings. The van der Waals surface area contributed by atoms with Crippen molar-refractivity contribution in [3.05, 3.63) is 92.9 Å². The Morgan fingerprint density at radius 3 is 2.46 bits per heavy atom. The van der Waals surface area contributed by atoms with Crippen molar-refractivity contribution in [2.75, 3.05) is 5.32 Å². The highest BCUT2D eigenvalue weighted by Crippen LogP contribution is 2.11. The van der Waals surface area contributed by atoms with E-state index in [1.807, 2.05) is 54.6 Å². The van der Waals surface area contributed by atoms with Gasteiger partial charge in [-0.3, -0.25) is 9.89 Å². The van der Waals surface area contributed by atoms with Crippen LogP contribution in [-0.4, -0.2) is 19.6 Å². The van der Waals surface area contributed by atoms with Gasteiger partial charge in [0, 0.05) is 30.7 Å². The highest BCUT2D eigenvalue weighted by Gasteiger charge is 2.08. The van der Waals surface area contributed by atoms with Crippen LogP contribution in [0.2, 0.25) is 5.02 Å². The maximum absolute atomic E-state index is 12.3. The van der Waals surface area contributed by atoms with Crippen LogP contribution in [0.15, 0.2) is 65.5 Å². The van der Waals surface area contributed by atoms with Gasteiger partial charge < -0.3 is 10.6 Å². The quantitative estimate of drug-likeness (QED) is 0.448. The summed E-state index contributed by atoms with van der Waals surface area (Å²) in [6.07, 6.45) is 0. The van der Waals surface area contributed by atoms with Crippen molar-refractivity contribution in [3.8, 4) is 0 Å². The normalized spacial score (nSPS) is 11.0. The van der Waals surface area contributed by atoms with Gasteiger partial charge in [0.1, 0.15) is 0 Å². The van der Waals surface area contributed by atoms with Crippen LogP contribution < -0.4 is 16.2 Å². The maximum Gasteiger partial charge on any atom is 0.274 e. The molecule has 0 unspecified atom stereocenters. The van der Waals surface area contributed by atoms with E-state index in [9.17, 15) is 4.79 Å². The Labute approximate surface area is 166 Å². The molecule has 2 aromatic carbocycles. The molecule has 4 rings (SSSR count). The molecule has 28 heavy (non-hydrogen) atoms. The number of hydrogen-bond donors (Lipinski definition) is 3. The van der Waals surface area contributed by atoms with Crippen molar-refractivity contribution in [3.63, 3.8) is 0 Å². The minimum atomic E-state index is -0.200. The fourth-order valence-electron chi connectivity index (χ4n) is 2.82. The Bertz CT molecular complexity index is 1120. The van der Waals surface area contributed by atoms with Gasteiger partial charge >= 0.3 is 0 Å². The van der Waals surface area contributed by atoms with E-state index >= 15 is 0 Å². The van der Waals surface area contributed by atoms with E-state index in [0.717, 1.165) is 5.56 Å². The highest BCUT2D eigenvalue weighted by molar-refractivity contribution is 6.30. The number of nitrogens with one attached hydrogen (secondary N) is 3. The Morgan fingerprint density at radius 1 is 0.929 bits per heavy atom. The van der Waals surface area contributed by atoms with Crippen molar-refractivity contribution < 1.29 is 0 Å². The van der Waals surface area contributed by atoms with Crippen molar-refractivity contribution in [2.24, 2.45) is 0 Å². The molecular formula is C20H19ClN6O. The summed E-state index contributed by atoms with van der Waals surface area (Å²) in [5.74, 6) is 0.816. The third-order valence-corrected chi connectivity index (χ3v) is 4.49. The standard InChI is InChI=1S/C20H19ClN6O/c21-16-8-6-15(7-9-16)12-23-19-25-20-24-17(10-18(28)27(20)26-19)13-22-11-14-4-2-1-3-5-14/h1-10,22H,11-13H2,(H2,23,24,25,26). The van der Waals surface area contributed by atoms with E-state index in [1.165, 1.54) is 16.1 Å². The molecule has 2 aromatic heterocycles. The molecule has 3 N–H and O–H groups in total. The first-order valence-electron chi connectivity index (χ1n) is 8.89. The lowest BCUT2D eigenvalue weighted by Gasteiger charge is -2.04. The van der Waals surface area contributed by atoms with Crippen LogP contribution >= 0.6 is 11.6 Å². The Kier molecular flexibility index (Phi) is 5.36. The van der Waals surface area contributed by atoms with Gasteiger partial charge in [0.05, 0.1) is 5.69 Å². The van der Waals surface area contributed by atoms with Crippen LogP contribution in [-0.2, 0) is 19.6 Å². The van der Waals surface area contributed by atoms with Crippen molar-refractivity contribution >= 4 is 23.3 Å². The van der Waals surface area contributed by atoms with E-state index in [4.69, 9.17) is 11.6 Å². The summed E-state index contributed by atoms with van der Waals surface area (Å²) >= 11 is 5.90. The average Bonchev–Trinajstić information content (AvgIpc) is 3.12. The molecule has 0 saturated carbocycles. The van der Waals surface area contributed by atoms with Gasteiger partial charge in [-0.15, -0.1) is 0 Å². The average molecular weight is 395 g/mol. The maximum atomic E-state index is 12.3.